The molecule has 0 unspecified atom stereocenters. The van der Waals surface area contributed by atoms with Gasteiger partial charge in [-0.2, -0.15) is 0 Å². The molecule has 1 aromatic carbocycles. The van der Waals surface area contributed by atoms with E-state index in [0.29, 0.717) is 5.69 Å². The smallest absolute Gasteiger partial charge is 0.166 e. The number of benzene rings is 1. The molecule has 92 valence electrons. The summed E-state index contributed by atoms with van der Waals surface area (Å²) in [5.41, 5.74) is 2.77. The molecule has 0 spiro atoms. The topological polar surface area (TPSA) is 32.9 Å². The summed E-state index contributed by atoms with van der Waals surface area (Å²) in [4.78, 5) is 13.3. The van der Waals surface area contributed by atoms with Crippen molar-refractivity contribution in [3.05, 3.63) is 48.3 Å². The lowest BCUT2D eigenvalue weighted by Gasteiger charge is -1.93. The average Bonchev–Trinajstić information content (AvgIpc) is 2.93. The normalized spacial score (nSPS) is 8.24. The van der Waals surface area contributed by atoms with Crippen LogP contribution in [-0.4, -0.2) is 11.3 Å². The van der Waals surface area contributed by atoms with Gasteiger partial charge in [-0.3, -0.25) is 4.79 Å². The first kappa shape index (κ1) is 15.2. The predicted molar refractivity (Wildman–Crippen MR) is 74.3 cm³/mol. The highest BCUT2D eigenvalue weighted by Gasteiger charge is 1.98. The molecule has 0 aliphatic carbocycles. The number of carbonyl (C=O) groups is 1. The maximum absolute atomic E-state index is 10.4. The molecular weight excluding hydrogens is 210 g/mol. The summed E-state index contributed by atoms with van der Waals surface area (Å²) in [7, 11) is 0. The van der Waals surface area contributed by atoms with Crippen LogP contribution in [0.2, 0.25) is 0 Å². The van der Waals surface area contributed by atoms with Crippen LogP contribution >= 0.6 is 0 Å². The summed E-state index contributed by atoms with van der Waals surface area (Å²) in [6, 6.07) is 11.8. The summed E-state index contributed by atoms with van der Waals surface area (Å²) in [6.07, 6.45) is 2.64. The molecule has 2 rings (SSSR count). The minimum atomic E-state index is 0.610. The van der Waals surface area contributed by atoms with Gasteiger partial charge >= 0.3 is 0 Å². The molecule has 1 heterocycles. The zero-order valence-corrected chi connectivity index (χ0v) is 11.0. The molecule has 0 radical (unpaired) electrons. The van der Waals surface area contributed by atoms with Crippen LogP contribution in [0.4, 0.5) is 0 Å². The minimum Gasteiger partial charge on any atom is -0.358 e. The fourth-order valence-corrected chi connectivity index (χ4v) is 1.28. The van der Waals surface area contributed by atoms with Crippen LogP contribution in [0.3, 0.4) is 0 Å². The number of carbonyl (C=O) groups excluding carboxylic acids is 1. The Balaban J connectivity index is 0.000000581. The van der Waals surface area contributed by atoms with E-state index in [-0.39, 0.29) is 0 Å². The van der Waals surface area contributed by atoms with Crippen LogP contribution in [0.25, 0.3) is 11.1 Å². The Labute approximate surface area is 104 Å². The largest absolute Gasteiger partial charge is 0.358 e. The lowest BCUT2D eigenvalue weighted by atomic mass is 10.1. The highest BCUT2D eigenvalue weighted by atomic mass is 16.1. The van der Waals surface area contributed by atoms with Gasteiger partial charge in [-0.1, -0.05) is 58.0 Å². The average molecular weight is 231 g/mol. The van der Waals surface area contributed by atoms with Crippen LogP contribution in [0, 0.1) is 0 Å². The summed E-state index contributed by atoms with van der Waals surface area (Å²) in [6.45, 7) is 8.00. The molecule has 1 N–H and O–H groups in total. The van der Waals surface area contributed by atoms with Crippen LogP contribution in [0.15, 0.2) is 42.6 Å². The van der Waals surface area contributed by atoms with Crippen molar-refractivity contribution < 1.29 is 4.79 Å². The molecule has 2 aromatic rings. The third-order valence-electron chi connectivity index (χ3n) is 1.94. The molecule has 2 heteroatoms. The van der Waals surface area contributed by atoms with Gasteiger partial charge in [0.2, 0.25) is 0 Å². The van der Waals surface area contributed by atoms with E-state index in [2.05, 4.69) is 4.98 Å². The van der Waals surface area contributed by atoms with Gasteiger partial charge in [0.1, 0.15) is 0 Å². The number of rotatable bonds is 2. The van der Waals surface area contributed by atoms with Crippen molar-refractivity contribution in [2.24, 2.45) is 0 Å². The molecule has 17 heavy (non-hydrogen) atoms. The Morgan fingerprint density at radius 1 is 0.941 bits per heavy atom. The van der Waals surface area contributed by atoms with E-state index < -0.39 is 0 Å². The monoisotopic (exact) mass is 231 g/mol. The van der Waals surface area contributed by atoms with Crippen LogP contribution in [0.1, 0.15) is 38.2 Å². The molecule has 0 saturated heterocycles. The van der Waals surface area contributed by atoms with Gasteiger partial charge in [0.05, 0.1) is 5.69 Å². The van der Waals surface area contributed by atoms with Crippen molar-refractivity contribution in [1.82, 2.24) is 4.98 Å². The molecular formula is C15H21NO. The first-order chi connectivity index (χ1) is 8.40. The molecule has 0 bridgehead atoms. The lowest BCUT2D eigenvalue weighted by molar-refractivity contribution is 0.111. The Morgan fingerprint density at radius 2 is 1.53 bits per heavy atom. The van der Waals surface area contributed by atoms with Crippen molar-refractivity contribution in [3.63, 3.8) is 0 Å². The SMILES string of the molecule is CC.CC.O=Cc1cc(-c2ccccc2)c[nH]1. The second-order valence-electron chi connectivity index (χ2n) is 2.83. The Bertz CT molecular complexity index is 404. The number of aromatic nitrogens is 1. The highest BCUT2D eigenvalue weighted by molar-refractivity contribution is 5.77. The van der Waals surface area contributed by atoms with E-state index in [9.17, 15) is 4.79 Å². The second-order valence-corrected chi connectivity index (χ2v) is 2.83. The van der Waals surface area contributed by atoms with Gasteiger partial charge in [-0.25, -0.2) is 0 Å². The molecule has 0 amide bonds. The number of hydrogen-bond donors (Lipinski definition) is 1. The standard InChI is InChI=1S/C11H9NO.2C2H6/c13-8-11-6-10(7-12-11)9-4-2-1-3-5-9;2*1-2/h1-8,12H;2*1-2H3. The van der Waals surface area contributed by atoms with Gasteiger partial charge in [-0.05, 0) is 17.2 Å². The predicted octanol–water partition coefficient (Wildman–Crippen LogP) is 4.55. The Kier molecular flexibility index (Phi) is 8.39. The molecule has 0 saturated carbocycles. The minimum absolute atomic E-state index is 0.610. The van der Waals surface area contributed by atoms with Gasteiger partial charge in [0.15, 0.2) is 6.29 Å². The van der Waals surface area contributed by atoms with E-state index >= 15 is 0 Å². The summed E-state index contributed by atoms with van der Waals surface area (Å²) in [5.74, 6) is 0. The second kappa shape index (κ2) is 9.40. The third-order valence-corrected chi connectivity index (χ3v) is 1.94. The maximum atomic E-state index is 10.4. The first-order valence-electron chi connectivity index (χ1n) is 6.09. The third kappa shape index (κ3) is 4.68. The van der Waals surface area contributed by atoms with Crippen molar-refractivity contribution >= 4 is 6.29 Å². The Hall–Kier alpha value is -1.83. The Morgan fingerprint density at radius 3 is 2.00 bits per heavy atom. The molecule has 0 aliphatic rings. The number of aldehydes is 1. The van der Waals surface area contributed by atoms with E-state index in [1.807, 2.05) is 70.3 Å². The molecule has 2 nitrogen and oxygen atoms in total. The van der Waals surface area contributed by atoms with Crippen LogP contribution in [-0.2, 0) is 0 Å². The van der Waals surface area contributed by atoms with Crippen LogP contribution in [0.5, 0.6) is 0 Å². The summed E-state index contributed by atoms with van der Waals surface area (Å²) < 4.78 is 0. The number of nitrogens with one attached hydrogen (secondary N) is 1. The molecule has 0 atom stereocenters. The fraction of sp³-hybridized carbons (Fsp3) is 0.267. The van der Waals surface area contributed by atoms with Gasteiger partial charge in [0.25, 0.3) is 0 Å². The zero-order chi connectivity index (χ0) is 13.1. The zero-order valence-electron chi connectivity index (χ0n) is 11.0. The number of H-pyrrole nitrogens is 1. The van der Waals surface area contributed by atoms with Gasteiger partial charge < -0.3 is 4.98 Å². The maximum Gasteiger partial charge on any atom is 0.166 e. The van der Waals surface area contributed by atoms with Crippen molar-refractivity contribution in [2.45, 2.75) is 27.7 Å². The lowest BCUT2D eigenvalue weighted by Crippen LogP contribution is -1.73. The molecule has 0 aliphatic heterocycles. The quantitative estimate of drug-likeness (QED) is 0.756. The molecule has 0 fully saturated rings. The number of hydrogen-bond acceptors (Lipinski definition) is 1. The van der Waals surface area contributed by atoms with Crippen molar-refractivity contribution in [3.8, 4) is 11.1 Å². The summed E-state index contributed by atoms with van der Waals surface area (Å²) in [5, 5.41) is 0. The van der Waals surface area contributed by atoms with E-state index in [0.717, 1.165) is 17.4 Å². The van der Waals surface area contributed by atoms with Gasteiger partial charge in [-0.15, -0.1) is 0 Å². The van der Waals surface area contributed by atoms with E-state index in [1.54, 1.807) is 0 Å². The van der Waals surface area contributed by atoms with Crippen molar-refractivity contribution in [1.29, 1.82) is 0 Å². The summed E-state index contributed by atoms with van der Waals surface area (Å²) >= 11 is 0. The van der Waals surface area contributed by atoms with Crippen molar-refractivity contribution in [2.75, 3.05) is 0 Å². The van der Waals surface area contributed by atoms with E-state index in [1.165, 1.54) is 0 Å². The van der Waals surface area contributed by atoms with Crippen LogP contribution < -0.4 is 0 Å². The van der Waals surface area contributed by atoms with Gasteiger partial charge in [0, 0.05) is 6.20 Å². The van der Waals surface area contributed by atoms with E-state index in [4.69, 9.17) is 0 Å². The first-order valence-corrected chi connectivity index (χ1v) is 6.09. The number of aromatic amines is 1. The fourth-order valence-electron chi connectivity index (χ4n) is 1.28. The highest BCUT2D eigenvalue weighted by Crippen LogP contribution is 2.18. The molecule has 1 aromatic heterocycles.